The number of nitrogens with one attached hydrogen (secondary N) is 1. The molecule has 2 aromatic carbocycles. The number of rotatable bonds is 2. The zero-order valence-corrected chi connectivity index (χ0v) is 14.5. The van der Waals surface area contributed by atoms with Gasteiger partial charge in [-0.15, -0.1) is 0 Å². The highest BCUT2D eigenvalue weighted by Crippen LogP contribution is 2.53. The molecule has 0 aromatic heterocycles. The van der Waals surface area contributed by atoms with E-state index in [1.807, 2.05) is 42.5 Å². The molecule has 2 aliphatic rings. The highest BCUT2D eigenvalue weighted by molar-refractivity contribution is 5.68. The van der Waals surface area contributed by atoms with Crippen LogP contribution < -0.4 is 14.8 Å². The molecule has 2 aliphatic heterocycles. The number of hydrogen-bond donors (Lipinski definition) is 1. The molecule has 25 heavy (non-hydrogen) atoms. The second kappa shape index (κ2) is 5.69. The molecule has 130 valence electrons. The first-order valence-electron chi connectivity index (χ1n) is 8.39. The summed E-state index contributed by atoms with van der Waals surface area (Å²) in [6.45, 7) is 5.92. The molecular weight excluding hydrogens is 318 g/mol. The van der Waals surface area contributed by atoms with E-state index in [-0.39, 0.29) is 30.3 Å². The van der Waals surface area contributed by atoms with Crippen molar-refractivity contribution in [2.24, 2.45) is 5.41 Å². The third kappa shape index (κ3) is 2.60. The number of ether oxygens (including phenoxy) is 3. The fourth-order valence-electron chi connectivity index (χ4n) is 3.74. The molecule has 2 aromatic rings. The van der Waals surface area contributed by atoms with Crippen molar-refractivity contribution < 1.29 is 19.0 Å². The Kier molecular flexibility index (Phi) is 3.60. The van der Waals surface area contributed by atoms with Gasteiger partial charge < -0.3 is 19.5 Å². The van der Waals surface area contributed by atoms with E-state index < -0.39 is 0 Å². The summed E-state index contributed by atoms with van der Waals surface area (Å²) in [5.41, 5.74) is 2.70. The molecule has 4 rings (SSSR count). The van der Waals surface area contributed by atoms with Crippen LogP contribution in [0.1, 0.15) is 44.0 Å². The largest absolute Gasteiger partial charge is 0.457 e. The Morgan fingerprint density at radius 1 is 1.16 bits per heavy atom. The Morgan fingerprint density at radius 3 is 2.72 bits per heavy atom. The highest BCUT2D eigenvalue weighted by atomic mass is 16.7. The molecule has 5 nitrogen and oxygen atoms in total. The van der Waals surface area contributed by atoms with Gasteiger partial charge in [0.1, 0.15) is 6.10 Å². The van der Waals surface area contributed by atoms with Crippen molar-refractivity contribution in [2.45, 2.75) is 32.9 Å². The quantitative estimate of drug-likeness (QED) is 0.831. The minimum absolute atomic E-state index is 0.0405. The Morgan fingerprint density at radius 2 is 1.92 bits per heavy atom. The van der Waals surface area contributed by atoms with Gasteiger partial charge in [-0.05, 0) is 23.8 Å². The molecule has 0 unspecified atom stereocenters. The van der Waals surface area contributed by atoms with E-state index in [1.165, 1.54) is 6.92 Å². The number of carbonyl (C=O) groups excluding carboxylic acids is 1. The minimum Gasteiger partial charge on any atom is -0.457 e. The first-order valence-corrected chi connectivity index (χ1v) is 8.39. The number of carbonyl (C=O) groups is 1. The Balaban J connectivity index is 1.79. The molecule has 0 spiro atoms. The lowest BCUT2D eigenvalue weighted by molar-refractivity contribution is -0.154. The Bertz CT molecular complexity index is 830. The van der Waals surface area contributed by atoms with Gasteiger partial charge in [-0.1, -0.05) is 38.1 Å². The molecule has 0 amide bonds. The van der Waals surface area contributed by atoms with Gasteiger partial charge in [0.25, 0.3) is 0 Å². The predicted molar refractivity (Wildman–Crippen MR) is 93.7 cm³/mol. The maximum absolute atomic E-state index is 11.7. The van der Waals surface area contributed by atoms with Crippen molar-refractivity contribution in [1.82, 2.24) is 0 Å². The molecule has 2 heterocycles. The Hall–Kier alpha value is -2.69. The van der Waals surface area contributed by atoms with Crippen LogP contribution in [0, 0.1) is 5.41 Å². The highest BCUT2D eigenvalue weighted by Gasteiger charge is 2.46. The van der Waals surface area contributed by atoms with Crippen molar-refractivity contribution in [1.29, 1.82) is 0 Å². The molecule has 0 radical (unpaired) electrons. The van der Waals surface area contributed by atoms with Crippen LogP contribution in [0.15, 0.2) is 42.5 Å². The van der Waals surface area contributed by atoms with E-state index in [0.29, 0.717) is 0 Å². The van der Waals surface area contributed by atoms with Gasteiger partial charge in [0, 0.05) is 23.6 Å². The Labute approximate surface area is 146 Å². The maximum Gasteiger partial charge on any atom is 0.303 e. The topological polar surface area (TPSA) is 56.8 Å². The van der Waals surface area contributed by atoms with E-state index in [2.05, 4.69) is 19.2 Å². The molecule has 0 saturated carbocycles. The summed E-state index contributed by atoms with van der Waals surface area (Å²) >= 11 is 0. The van der Waals surface area contributed by atoms with Crippen molar-refractivity contribution >= 4 is 11.7 Å². The van der Waals surface area contributed by atoms with Gasteiger partial charge in [-0.25, -0.2) is 0 Å². The third-order valence-corrected chi connectivity index (χ3v) is 4.98. The second-order valence-corrected chi connectivity index (χ2v) is 7.09. The van der Waals surface area contributed by atoms with E-state index in [9.17, 15) is 4.79 Å². The molecule has 2 atom stereocenters. The lowest BCUT2D eigenvalue weighted by Crippen LogP contribution is -2.40. The molecular formula is C20H21NO4. The van der Waals surface area contributed by atoms with Gasteiger partial charge in [0.05, 0.1) is 6.04 Å². The van der Waals surface area contributed by atoms with Crippen molar-refractivity contribution in [3.8, 4) is 11.5 Å². The standard InChI is InChI=1S/C20H21NO4/c1-12(22)25-19-14-6-4-5-7-15(14)21-18(20(19,2)3)13-8-9-16-17(10-13)24-11-23-16/h4-10,18-19,21H,11H2,1-3H3/t18-,19-/m0/s1. The average molecular weight is 339 g/mol. The number of fused-ring (bicyclic) bond motifs is 2. The lowest BCUT2D eigenvalue weighted by atomic mass is 9.70. The summed E-state index contributed by atoms with van der Waals surface area (Å²) in [7, 11) is 0. The van der Waals surface area contributed by atoms with Gasteiger partial charge in [-0.3, -0.25) is 4.79 Å². The first-order chi connectivity index (χ1) is 12.0. The van der Waals surface area contributed by atoms with Crippen molar-refractivity contribution in [3.05, 3.63) is 53.6 Å². The first kappa shape index (κ1) is 15.8. The van der Waals surface area contributed by atoms with E-state index in [1.54, 1.807) is 0 Å². The van der Waals surface area contributed by atoms with Crippen molar-refractivity contribution in [3.63, 3.8) is 0 Å². The minimum atomic E-state index is -0.353. The monoisotopic (exact) mass is 339 g/mol. The van der Waals surface area contributed by atoms with E-state index >= 15 is 0 Å². The van der Waals surface area contributed by atoms with Gasteiger partial charge >= 0.3 is 5.97 Å². The van der Waals surface area contributed by atoms with Crippen LogP contribution in [-0.2, 0) is 9.53 Å². The van der Waals surface area contributed by atoms with Crippen LogP contribution in [0.4, 0.5) is 5.69 Å². The summed E-state index contributed by atoms with van der Waals surface area (Å²) in [5, 5.41) is 3.61. The number of benzene rings is 2. The zero-order valence-electron chi connectivity index (χ0n) is 14.5. The lowest BCUT2D eigenvalue weighted by Gasteiger charge is -2.46. The van der Waals surface area contributed by atoms with Crippen LogP contribution >= 0.6 is 0 Å². The molecule has 5 heteroatoms. The average Bonchev–Trinajstić information content (AvgIpc) is 3.04. The van der Waals surface area contributed by atoms with Gasteiger partial charge in [0.2, 0.25) is 6.79 Å². The van der Waals surface area contributed by atoms with Crippen molar-refractivity contribution in [2.75, 3.05) is 12.1 Å². The normalized spacial score (nSPS) is 22.7. The number of esters is 1. The third-order valence-electron chi connectivity index (χ3n) is 4.98. The number of anilines is 1. The molecule has 0 saturated heterocycles. The van der Waals surface area contributed by atoms with E-state index in [0.717, 1.165) is 28.3 Å². The smallest absolute Gasteiger partial charge is 0.303 e. The summed E-state index contributed by atoms with van der Waals surface area (Å²) in [4.78, 5) is 11.7. The van der Waals surface area contributed by atoms with Gasteiger partial charge in [-0.2, -0.15) is 0 Å². The summed E-state index contributed by atoms with van der Waals surface area (Å²) < 4.78 is 16.7. The second-order valence-electron chi connectivity index (χ2n) is 7.09. The summed E-state index contributed by atoms with van der Waals surface area (Å²) in [6.07, 6.45) is -0.335. The van der Waals surface area contributed by atoms with Crippen LogP contribution in [-0.4, -0.2) is 12.8 Å². The number of para-hydroxylation sites is 1. The predicted octanol–water partition coefficient (Wildman–Crippen LogP) is 4.21. The fraction of sp³-hybridized carbons (Fsp3) is 0.350. The summed E-state index contributed by atoms with van der Waals surface area (Å²) in [5.74, 6) is 1.23. The summed E-state index contributed by atoms with van der Waals surface area (Å²) in [6, 6.07) is 13.9. The molecule has 1 N–H and O–H groups in total. The van der Waals surface area contributed by atoms with E-state index in [4.69, 9.17) is 14.2 Å². The van der Waals surface area contributed by atoms with Crippen LogP contribution in [0.25, 0.3) is 0 Å². The molecule has 0 aliphatic carbocycles. The molecule has 0 bridgehead atoms. The van der Waals surface area contributed by atoms with Crippen LogP contribution in [0.3, 0.4) is 0 Å². The SMILES string of the molecule is CC(=O)O[C@H]1c2ccccc2N[C@@H](c2ccc3c(c2)OCO3)C1(C)C. The fourth-order valence-corrected chi connectivity index (χ4v) is 3.74. The zero-order chi connectivity index (χ0) is 17.6. The maximum atomic E-state index is 11.7. The number of hydrogen-bond acceptors (Lipinski definition) is 5. The van der Waals surface area contributed by atoms with Gasteiger partial charge in [0.15, 0.2) is 11.5 Å². The molecule has 0 fully saturated rings. The van der Waals surface area contributed by atoms with Crippen LogP contribution in [0.5, 0.6) is 11.5 Å². The van der Waals surface area contributed by atoms with Crippen LogP contribution in [0.2, 0.25) is 0 Å².